The van der Waals surface area contributed by atoms with Gasteiger partial charge in [-0.2, -0.15) is 0 Å². The Labute approximate surface area is 101 Å². The Morgan fingerprint density at radius 3 is 2.56 bits per heavy atom. The van der Waals surface area contributed by atoms with Gasteiger partial charge in [-0.1, -0.05) is 30.3 Å². The Morgan fingerprint density at radius 1 is 1.38 bits per heavy atom. The molecule has 0 aliphatic carbocycles. The lowest BCUT2D eigenvalue weighted by molar-refractivity contribution is -0.147. The summed E-state index contributed by atoms with van der Waals surface area (Å²) in [4.78, 5) is 11.3. The standard InChI is InChI=1S/C11H15NO3.ClH/c1-14-8-10(12)11(13)15-7-9-5-3-2-4-6-9;/h2-6,10H,7-8,12H2,1H3;1H. The van der Waals surface area contributed by atoms with Crippen LogP contribution in [0.5, 0.6) is 0 Å². The number of methoxy groups -OCH3 is 1. The highest BCUT2D eigenvalue weighted by atomic mass is 35.5. The number of carbonyl (C=O) groups is 1. The van der Waals surface area contributed by atoms with Crippen molar-refractivity contribution in [3.05, 3.63) is 35.9 Å². The average Bonchev–Trinajstić information content (AvgIpc) is 2.27. The van der Waals surface area contributed by atoms with Crippen LogP contribution >= 0.6 is 12.4 Å². The van der Waals surface area contributed by atoms with E-state index >= 15 is 0 Å². The number of rotatable bonds is 5. The van der Waals surface area contributed by atoms with E-state index in [1.165, 1.54) is 7.11 Å². The Morgan fingerprint density at radius 2 is 2.00 bits per heavy atom. The van der Waals surface area contributed by atoms with E-state index in [9.17, 15) is 4.79 Å². The Kier molecular flexibility index (Phi) is 7.54. The summed E-state index contributed by atoms with van der Waals surface area (Å²) >= 11 is 0. The summed E-state index contributed by atoms with van der Waals surface area (Å²) in [6.07, 6.45) is 0. The smallest absolute Gasteiger partial charge is 0.325 e. The lowest BCUT2D eigenvalue weighted by atomic mass is 10.2. The fraction of sp³-hybridized carbons (Fsp3) is 0.364. The normalized spacial score (nSPS) is 11.4. The molecule has 0 spiro atoms. The quantitative estimate of drug-likeness (QED) is 0.790. The highest BCUT2D eigenvalue weighted by molar-refractivity contribution is 5.85. The first-order valence-electron chi connectivity index (χ1n) is 4.69. The Bertz CT molecular complexity index is 305. The Hall–Kier alpha value is -1.10. The van der Waals surface area contributed by atoms with Crippen LogP contribution in [0.1, 0.15) is 5.56 Å². The minimum atomic E-state index is -0.710. The van der Waals surface area contributed by atoms with E-state index in [1.54, 1.807) is 0 Å². The molecule has 1 rings (SSSR count). The zero-order valence-electron chi connectivity index (χ0n) is 9.09. The van der Waals surface area contributed by atoms with Crippen LogP contribution < -0.4 is 5.73 Å². The maximum absolute atomic E-state index is 11.3. The van der Waals surface area contributed by atoms with E-state index in [-0.39, 0.29) is 25.6 Å². The fourth-order valence-electron chi connectivity index (χ4n) is 1.08. The summed E-state index contributed by atoms with van der Waals surface area (Å²) < 4.78 is 9.75. The van der Waals surface area contributed by atoms with Crippen LogP contribution in [0.3, 0.4) is 0 Å². The number of hydrogen-bond acceptors (Lipinski definition) is 4. The molecule has 0 amide bonds. The van der Waals surface area contributed by atoms with Gasteiger partial charge in [-0.25, -0.2) is 0 Å². The molecule has 1 aromatic rings. The van der Waals surface area contributed by atoms with Crippen molar-refractivity contribution in [2.24, 2.45) is 5.73 Å². The average molecular weight is 246 g/mol. The molecule has 0 saturated carbocycles. The molecule has 0 aliphatic heterocycles. The van der Waals surface area contributed by atoms with Crippen molar-refractivity contribution in [1.29, 1.82) is 0 Å². The number of carbonyl (C=O) groups excluding carboxylic acids is 1. The number of esters is 1. The second-order valence-electron chi connectivity index (χ2n) is 3.16. The monoisotopic (exact) mass is 245 g/mol. The second-order valence-corrected chi connectivity index (χ2v) is 3.16. The topological polar surface area (TPSA) is 61.5 Å². The van der Waals surface area contributed by atoms with Gasteiger partial charge in [0.05, 0.1) is 6.61 Å². The molecule has 90 valence electrons. The highest BCUT2D eigenvalue weighted by Crippen LogP contribution is 2.01. The molecular weight excluding hydrogens is 230 g/mol. The van der Waals surface area contributed by atoms with Gasteiger partial charge >= 0.3 is 5.97 Å². The molecule has 0 bridgehead atoms. The van der Waals surface area contributed by atoms with Gasteiger partial charge in [0.1, 0.15) is 12.6 Å². The first kappa shape index (κ1) is 14.9. The van der Waals surface area contributed by atoms with Crippen LogP contribution in [0, 0.1) is 0 Å². The van der Waals surface area contributed by atoms with Crippen molar-refractivity contribution in [2.75, 3.05) is 13.7 Å². The molecule has 1 unspecified atom stereocenters. The number of halogens is 1. The van der Waals surface area contributed by atoms with Crippen LogP contribution in [0.4, 0.5) is 0 Å². The molecule has 0 fully saturated rings. The molecule has 1 aromatic carbocycles. The zero-order chi connectivity index (χ0) is 11.1. The molecular formula is C11H16ClNO3. The van der Waals surface area contributed by atoms with Crippen molar-refractivity contribution in [2.45, 2.75) is 12.6 Å². The molecule has 4 nitrogen and oxygen atoms in total. The SMILES string of the molecule is COCC(N)C(=O)OCc1ccccc1.Cl. The third-order valence-electron chi connectivity index (χ3n) is 1.87. The van der Waals surface area contributed by atoms with E-state index in [0.29, 0.717) is 0 Å². The minimum Gasteiger partial charge on any atom is -0.460 e. The van der Waals surface area contributed by atoms with Gasteiger partial charge < -0.3 is 15.2 Å². The third-order valence-corrected chi connectivity index (χ3v) is 1.87. The second kappa shape index (κ2) is 8.10. The van der Waals surface area contributed by atoms with Crippen LogP contribution in [0.2, 0.25) is 0 Å². The largest absolute Gasteiger partial charge is 0.460 e. The van der Waals surface area contributed by atoms with Gasteiger partial charge in [0, 0.05) is 7.11 Å². The number of ether oxygens (including phenoxy) is 2. The summed E-state index contributed by atoms with van der Waals surface area (Å²) in [7, 11) is 1.49. The number of benzene rings is 1. The molecule has 0 radical (unpaired) electrons. The predicted molar refractivity (Wildman–Crippen MR) is 63.3 cm³/mol. The van der Waals surface area contributed by atoms with Crippen molar-refractivity contribution in [3.8, 4) is 0 Å². The minimum absolute atomic E-state index is 0. The van der Waals surface area contributed by atoms with E-state index < -0.39 is 12.0 Å². The summed E-state index contributed by atoms with van der Waals surface area (Å²) in [6.45, 7) is 0.421. The van der Waals surface area contributed by atoms with Gasteiger partial charge in [-0.3, -0.25) is 4.79 Å². The predicted octanol–water partition coefficient (Wildman–Crippen LogP) is 1.13. The third kappa shape index (κ3) is 5.11. The molecule has 0 aliphatic rings. The molecule has 1 atom stereocenters. The van der Waals surface area contributed by atoms with Crippen molar-refractivity contribution in [1.82, 2.24) is 0 Å². The maximum atomic E-state index is 11.3. The van der Waals surface area contributed by atoms with Crippen molar-refractivity contribution >= 4 is 18.4 Å². The summed E-state index contributed by atoms with van der Waals surface area (Å²) in [5.74, 6) is -0.444. The first-order chi connectivity index (χ1) is 7.24. The van der Waals surface area contributed by atoms with Crippen molar-refractivity contribution in [3.63, 3.8) is 0 Å². The molecule has 0 saturated heterocycles. The molecule has 0 aromatic heterocycles. The van der Waals surface area contributed by atoms with Gasteiger partial charge in [0.2, 0.25) is 0 Å². The maximum Gasteiger partial charge on any atom is 0.325 e. The fourth-order valence-corrected chi connectivity index (χ4v) is 1.08. The number of nitrogens with two attached hydrogens (primary N) is 1. The van der Waals surface area contributed by atoms with Gasteiger partial charge in [-0.15, -0.1) is 12.4 Å². The lowest BCUT2D eigenvalue weighted by Gasteiger charge is -2.10. The van der Waals surface area contributed by atoms with Crippen LogP contribution in [0.25, 0.3) is 0 Å². The van der Waals surface area contributed by atoms with Crippen LogP contribution in [-0.4, -0.2) is 25.7 Å². The molecule has 16 heavy (non-hydrogen) atoms. The van der Waals surface area contributed by atoms with Crippen molar-refractivity contribution < 1.29 is 14.3 Å². The van der Waals surface area contributed by atoms with Crippen LogP contribution in [-0.2, 0) is 20.9 Å². The zero-order valence-corrected chi connectivity index (χ0v) is 9.91. The summed E-state index contributed by atoms with van der Waals surface area (Å²) in [6, 6.07) is 8.74. The van der Waals surface area contributed by atoms with E-state index in [2.05, 4.69) is 0 Å². The molecule has 0 heterocycles. The van der Waals surface area contributed by atoms with Gasteiger partial charge in [-0.05, 0) is 5.56 Å². The van der Waals surface area contributed by atoms with E-state index in [0.717, 1.165) is 5.56 Å². The molecule has 5 heteroatoms. The highest BCUT2D eigenvalue weighted by Gasteiger charge is 2.14. The summed E-state index contributed by atoms with van der Waals surface area (Å²) in [5, 5.41) is 0. The van der Waals surface area contributed by atoms with Gasteiger partial charge in [0.15, 0.2) is 0 Å². The van der Waals surface area contributed by atoms with Crippen LogP contribution in [0.15, 0.2) is 30.3 Å². The molecule has 2 N–H and O–H groups in total. The Balaban J connectivity index is 0.00000225. The van der Waals surface area contributed by atoms with E-state index in [1.807, 2.05) is 30.3 Å². The number of hydrogen-bond donors (Lipinski definition) is 1. The lowest BCUT2D eigenvalue weighted by Crippen LogP contribution is -2.36. The first-order valence-corrected chi connectivity index (χ1v) is 4.69. The van der Waals surface area contributed by atoms with E-state index in [4.69, 9.17) is 15.2 Å². The summed E-state index contributed by atoms with van der Waals surface area (Å²) in [5.41, 5.74) is 6.43. The van der Waals surface area contributed by atoms with Gasteiger partial charge in [0.25, 0.3) is 0 Å².